The third kappa shape index (κ3) is 9.63. The van der Waals surface area contributed by atoms with E-state index >= 15 is 0 Å². The van der Waals surface area contributed by atoms with Gasteiger partial charge in [-0.15, -0.1) is 0 Å². The molecular formula is C46H40ClF6N3O5S2. The second-order valence-corrected chi connectivity index (χ2v) is 18.8. The molecule has 0 aromatic heterocycles. The monoisotopic (exact) mass is 927 g/mol. The van der Waals surface area contributed by atoms with Crippen LogP contribution < -0.4 is 18.7 Å². The zero-order chi connectivity index (χ0) is 45.3. The Morgan fingerprint density at radius 2 is 1.25 bits per heavy atom. The van der Waals surface area contributed by atoms with Crippen molar-refractivity contribution in [3.63, 3.8) is 0 Å². The van der Waals surface area contributed by atoms with Gasteiger partial charge in [0.2, 0.25) is 0 Å². The van der Waals surface area contributed by atoms with Gasteiger partial charge in [0.1, 0.15) is 11.9 Å². The number of ether oxygens (including phenoxy) is 1. The molecule has 0 aliphatic heterocycles. The highest BCUT2D eigenvalue weighted by Crippen LogP contribution is 2.44. The molecule has 2 atom stereocenters. The van der Waals surface area contributed by atoms with Gasteiger partial charge in [-0.05, 0) is 109 Å². The number of nitrogens with zero attached hydrogens (tertiary/aromatic N) is 2. The summed E-state index contributed by atoms with van der Waals surface area (Å²) < 4.78 is 150. The van der Waals surface area contributed by atoms with Gasteiger partial charge < -0.3 is 10.1 Å². The predicted molar refractivity (Wildman–Crippen MR) is 231 cm³/mol. The molecule has 0 radical (unpaired) electrons. The predicted octanol–water partition coefficient (Wildman–Crippen LogP) is 11.6. The van der Waals surface area contributed by atoms with E-state index in [9.17, 15) is 43.2 Å². The summed E-state index contributed by atoms with van der Waals surface area (Å²) in [4.78, 5) is -1.17. The fourth-order valence-corrected chi connectivity index (χ4v) is 11.0. The number of sulfonamides is 2. The first-order valence-corrected chi connectivity index (χ1v) is 22.9. The minimum absolute atomic E-state index is 0.0167. The van der Waals surface area contributed by atoms with Crippen molar-refractivity contribution >= 4 is 48.7 Å². The Kier molecular flexibility index (Phi) is 12.8. The minimum atomic E-state index is -4.95. The van der Waals surface area contributed by atoms with E-state index in [0.29, 0.717) is 35.0 Å². The van der Waals surface area contributed by atoms with Crippen LogP contribution in [0.2, 0.25) is 5.02 Å². The van der Waals surface area contributed by atoms with Crippen LogP contribution in [0.1, 0.15) is 53.1 Å². The Balaban J connectivity index is 1.23. The Morgan fingerprint density at radius 3 is 1.94 bits per heavy atom. The lowest BCUT2D eigenvalue weighted by molar-refractivity contribution is -0.138. The summed E-state index contributed by atoms with van der Waals surface area (Å²) in [5.74, 6) is -0.808. The number of rotatable bonds is 14. The highest BCUT2D eigenvalue weighted by atomic mass is 35.5. The third-order valence-corrected chi connectivity index (χ3v) is 14.8. The van der Waals surface area contributed by atoms with E-state index in [-0.39, 0.29) is 42.2 Å². The number of halogens is 7. The quantitative estimate of drug-likeness (QED) is 0.109. The van der Waals surface area contributed by atoms with Crippen molar-refractivity contribution in [3.8, 4) is 5.75 Å². The first kappa shape index (κ1) is 45.3. The summed E-state index contributed by atoms with van der Waals surface area (Å²) in [5.41, 5.74) is 0.665. The normalized spacial score (nSPS) is 15.4. The van der Waals surface area contributed by atoms with E-state index in [1.807, 2.05) is 12.1 Å². The van der Waals surface area contributed by atoms with Crippen LogP contribution in [0, 0.1) is 0 Å². The summed E-state index contributed by atoms with van der Waals surface area (Å²) in [6, 6.07) is 32.7. The Morgan fingerprint density at radius 1 is 0.651 bits per heavy atom. The van der Waals surface area contributed by atoms with Crippen molar-refractivity contribution in [1.29, 1.82) is 0 Å². The molecule has 1 N–H and O–H groups in total. The first-order valence-electron chi connectivity index (χ1n) is 19.7. The summed E-state index contributed by atoms with van der Waals surface area (Å²) >= 11 is 6.31. The lowest BCUT2D eigenvalue weighted by atomic mass is 9.90. The number of fused-ring (bicyclic) bond motifs is 1. The Bertz CT molecular complexity index is 2860. The lowest BCUT2D eigenvalue weighted by Gasteiger charge is -2.27. The first-order chi connectivity index (χ1) is 29.8. The molecule has 0 amide bonds. The Labute approximate surface area is 366 Å². The average molecular weight is 928 g/mol. The number of hydrogen-bond acceptors (Lipinski definition) is 6. The van der Waals surface area contributed by atoms with Gasteiger partial charge in [-0.2, -0.15) is 26.3 Å². The van der Waals surface area contributed by atoms with E-state index in [1.54, 1.807) is 67.6 Å². The molecule has 2 unspecified atom stereocenters. The standard InChI is InChI=1S/C46H40ClF6N3O5S2/c1-3-55(36-16-10-15-35(27-36)54-29-31-13-6-8-21-42(31)47)63(59,60)40-23-32(22-34(26-40)46(51,52)53)44-41-20-7-5-12-30(41)24-43(44)61-38-18-11-17-37(28-38)56(4-2)62(57,58)39-19-9-14-33(25-39)45(48,49)50/h5-23,25-28,43-44,54H,3-4,24,29H2,1-2H3. The summed E-state index contributed by atoms with van der Waals surface area (Å²) in [6.45, 7) is 3.13. The van der Waals surface area contributed by atoms with Crippen molar-refractivity contribution in [2.75, 3.05) is 27.0 Å². The maximum atomic E-state index is 14.8. The zero-order valence-electron chi connectivity index (χ0n) is 33.7. The molecule has 330 valence electrons. The van der Waals surface area contributed by atoms with Crippen molar-refractivity contribution < 1.29 is 47.9 Å². The second-order valence-electron chi connectivity index (χ2n) is 14.7. The van der Waals surface area contributed by atoms with Crippen LogP contribution in [0.5, 0.6) is 5.75 Å². The number of benzene rings is 6. The van der Waals surface area contributed by atoms with Gasteiger partial charge in [0, 0.05) is 48.7 Å². The molecule has 17 heteroatoms. The van der Waals surface area contributed by atoms with Crippen LogP contribution in [0.15, 0.2) is 149 Å². The van der Waals surface area contributed by atoms with Crippen LogP contribution in [-0.2, 0) is 45.4 Å². The van der Waals surface area contributed by atoms with E-state index in [2.05, 4.69) is 5.32 Å². The maximum Gasteiger partial charge on any atom is 0.416 e. The van der Waals surface area contributed by atoms with E-state index in [0.717, 1.165) is 44.0 Å². The molecule has 6 aromatic carbocycles. The van der Waals surface area contributed by atoms with Crippen LogP contribution in [0.4, 0.5) is 43.4 Å². The molecule has 0 saturated heterocycles. The van der Waals surface area contributed by atoms with E-state index in [4.69, 9.17) is 16.3 Å². The largest absolute Gasteiger partial charge is 0.489 e. The fourth-order valence-electron chi connectivity index (χ4n) is 7.74. The number of nitrogens with one attached hydrogen (secondary N) is 1. The number of hydrogen-bond donors (Lipinski definition) is 1. The van der Waals surface area contributed by atoms with Gasteiger partial charge in [-0.1, -0.05) is 72.3 Å². The van der Waals surface area contributed by atoms with Crippen LogP contribution >= 0.6 is 11.6 Å². The van der Waals surface area contributed by atoms with Gasteiger partial charge >= 0.3 is 12.4 Å². The minimum Gasteiger partial charge on any atom is -0.489 e. The van der Waals surface area contributed by atoms with Gasteiger partial charge in [-0.3, -0.25) is 8.61 Å². The van der Waals surface area contributed by atoms with E-state index < -0.39 is 65.3 Å². The molecule has 6 aromatic rings. The van der Waals surface area contributed by atoms with E-state index in [1.165, 1.54) is 37.3 Å². The van der Waals surface area contributed by atoms with Gasteiger partial charge in [0.05, 0.1) is 32.3 Å². The van der Waals surface area contributed by atoms with Crippen molar-refractivity contribution in [2.24, 2.45) is 0 Å². The van der Waals surface area contributed by atoms with Crippen LogP contribution in [-0.4, -0.2) is 36.0 Å². The molecule has 0 saturated carbocycles. The molecule has 0 fully saturated rings. The summed E-state index contributed by atoms with van der Waals surface area (Å²) in [7, 11) is -9.14. The van der Waals surface area contributed by atoms with Gasteiger partial charge in [0.25, 0.3) is 20.0 Å². The zero-order valence-corrected chi connectivity index (χ0v) is 36.0. The molecule has 1 aliphatic rings. The van der Waals surface area contributed by atoms with Gasteiger partial charge in [0.15, 0.2) is 0 Å². The molecule has 1 aliphatic carbocycles. The Hall–Kier alpha value is -5.71. The summed E-state index contributed by atoms with van der Waals surface area (Å²) in [5, 5.41) is 3.76. The average Bonchev–Trinajstić information content (AvgIpc) is 3.61. The van der Waals surface area contributed by atoms with Crippen LogP contribution in [0.25, 0.3) is 0 Å². The SMILES string of the molecule is CCN(c1cccc(OC2Cc3ccccc3C2c2cc(C(F)(F)F)cc(S(=O)(=O)N(CC)c3cccc(NCc4ccccc4Cl)c3)c2)c1)S(=O)(=O)c1cccc(C(F)(F)F)c1. The molecule has 0 heterocycles. The van der Waals surface area contributed by atoms with Crippen molar-refractivity contribution in [1.82, 2.24) is 0 Å². The highest BCUT2D eigenvalue weighted by molar-refractivity contribution is 7.93. The maximum absolute atomic E-state index is 14.8. The summed E-state index contributed by atoms with van der Waals surface area (Å²) in [6.07, 6.45) is -10.4. The fraction of sp³-hybridized carbons (Fsp3) is 0.217. The van der Waals surface area contributed by atoms with Crippen molar-refractivity contribution in [2.45, 2.75) is 61.0 Å². The highest BCUT2D eigenvalue weighted by Gasteiger charge is 2.40. The van der Waals surface area contributed by atoms with Crippen molar-refractivity contribution in [3.05, 3.63) is 178 Å². The van der Waals surface area contributed by atoms with Gasteiger partial charge in [-0.25, -0.2) is 16.8 Å². The number of alkyl halides is 6. The third-order valence-electron chi connectivity index (χ3n) is 10.7. The molecular weight excluding hydrogens is 888 g/mol. The lowest BCUT2D eigenvalue weighted by Crippen LogP contribution is -2.31. The topological polar surface area (TPSA) is 96.0 Å². The number of anilines is 3. The molecule has 7 rings (SSSR count). The smallest absolute Gasteiger partial charge is 0.416 e. The molecule has 0 bridgehead atoms. The molecule has 0 spiro atoms. The van der Waals surface area contributed by atoms with Crippen LogP contribution in [0.3, 0.4) is 0 Å². The molecule has 8 nitrogen and oxygen atoms in total. The molecule has 63 heavy (non-hydrogen) atoms. The second kappa shape index (κ2) is 17.8.